The quantitative estimate of drug-likeness (QED) is 0.541. The molecule has 0 saturated heterocycles. The number of carbonyl (C=O) groups is 2. The maximum absolute atomic E-state index is 13.2. The van der Waals surface area contributed by atoms with Gasteiger partial charge in [-0.3, -0.25) is 9.59 Å². The summed E-state index contributed by atoms with van der Waals surface area (Å²) in [5.74, 6) is -0.551. The van der Waals surface area contributed by atoms with E-state index in [9.17, 15) is 9.59 Å². The van der Waals surface area contributed by atoms with Gasteiger partial charge in [0, 0.05) is 11.8 Å². The molecule has 0 radical (unpaired) electrons. The van der Waals surface area contributed by atoms with E-state index in [1.54, 1.807) is 0 Å². The second kappa shape index (κ2) is 5.15. The molecule has 2 bridgehead atoms. The summed E-state index contributed by atoms with van der Waals surface area (Å²) in [6.07, 6.45) is 2.93. The van der Waals surface area contributed by atoms with Crippen LogP contribution in [0.25, 0.3) is 0 Å². The Labute approximate surface area is 145 Å². The van der Waals surface area contributed by atoms with Crippen LogP contribution < -0.4 is 0 Å². The number of benzene rings is 1. The lowest BCUT2D eigenvalue weighted by molar-refractivity contribution is -0.153. The molecule has 1 fully saturated rings. The van der Waals surface area contributed by atoms with Crippen LogP contribution in [-0.2, 0) is 9.59 Å². The molecule has 24 heavy (non-hydrogen) atoms. The molecule has 128 valence electrons. The topological polar surface area (TPSA) is 34.1 Å². The Morgan fingerprint density at radius 2 is 1.54 bits per heavy atom. The van der Waals surface area contributed by atoms with E-state index >= 15 is 0 Å². The molecule has 2 nitrogen and oxygen atoms in total. The second-order valence-corrected chi connectivity index (χ2v) is 9.41. The average Bonchev–Trinajstić information content (AvgIpc) is 2.50. The number of hydrogen-bond acceptors (Lipinski definition) is 2. The molecular weight excluding hydrogens is 296 g/mol. The van der Waals surface area contributed by atoms with Crippen LogP contribution in [0, 0.1) is 22.2 Å². The standard InChI is InChI=1S/C22H28O2/c1-20(2,3)17-13-22(21(4,5)6)16(14-10-8-7-9-11-14)12-15(17)18(23)19(22)24/h7-11,13,15-16H,12H2,1-6H3/t15-,16-,22+/m1/s1. The Bertz CT molecular complexity index is 713. The van der Waals surface area contributed by atoms with Crippen molar-refractivity contribution in [3.8, 4) is 0 Å². The van der Waals surface area contributed by atoms with Crippen molar-refractivity contribution in [2.75, 3.05) is 0 Å². The van der Waals surface area contributed by atoms with Crippen LogP contribution >= 0.6 is 0 Å². The van der Waals surface area contributed by atoms with Crippen molar-refractivity contribution in [1.82, 2.24) is 0 Å². The summed E-state index contributed by atoms with van der Waals surface area (Å²) in [7, 11) is 0. The van der Waals surface area contributed by atoms with Gasteiger partial charge in [0.15, 0.2) is 0 Å². The van der Waals surface area contributed by atoms with Crippen molar-refractivity contribution in [3.63, 3.8) is 0 Å². The molecule has 0 aromatic heterocycles. The number of rotatable bonds is 1. The van der Waals surface area contributed by atoms with Gasteiger partial charge in [0.2, 0.25) is 11.6 Å². The molecule has 0 aliphatic heterocycles. The molecular formula is C22H28O2. The van der Waals surface area contributed by atoms with Gasteiger partial charge in [0.05, 0.1) is 5.41 Å². The van der Waals surface area contributed by atoms with E-state index in [4.69, 9.17) is 0 Å². The fraction of sp³-hybridized carbons (Fsp3) is 0.545. The summed E-state index contributed by atoms with van der Waals surface area (Å²) >= 11 is 0. The minimum absolute atomic E-state index is 0.0694. The first-order valence-corrected chi connectivity index (χ1v) is 8.87. The van der Waals surface area contributed by atoms with Crippen LogP contribution in [0.1, 0.15) is 59.4 Å². The van der Waals surface area contributed by atoms with Crippen molar-refractivity contribution >= 4 is 11.6 Å². The Balaban J connectivity index is 2.29. The molecule has 0 N–H and O–H groups in total. The zero-order chi connectivity index (χ0) is 17.9. The molecule has 0 amide bonds. The van der Waals surface area contributed by atoms with Gasteiger partial charge in [0.1, 0.15) is 0 Å². The molecule has 1 aromatic carbocycles. The normalized spacial score (nSPS) is 30.5. The number of hydrogen-bond donors (Lipinski definition) is 0. The molecule has 3 aliphatic rings. The molecule has 0 unspecified atom stereocenters. The highest BCUT2D eigenvalue weighted by Crippen LogP contribution is 2.62. The Hall–Kier alpha value is -1.70. The third-order valence-corrected chi connectivity index (χ3v) is 6.00. The van der Waals surface area contributed by atoms with Crippen LogP contribution in [0.2, 0.25) is 0 Å². The summed E-state index contributed by atoms with van der Waals surface area (Å²) < 4.78 is 0. The Morgan fingerprint density at radius 1 is 0.958 bits per heavy atom. The molecule has 1 saturated carbocycles. The van der Waals surface area contributed by atoms with Crippen molar-refractivity contribution in [2.24, 2.45) is 22.2 Å². The lowest BCUT2D eigenvalue weighted by Gasteiger charge is -2.56. The number of carbonyl (C=O) groups excluding carboxylic acids is 2. The molecule has 1 aromatic rings. The largest absolute Gasteiger partial charge is 0.290 e. The maximum Gasteiger partial charge on any atom is 0.210 e. The van der Waals surface area contributed by atoms with E-state index in [2.05, 4.69) is 59.8 Å². The first-order valence-electron chi connectivity index (χ1n) is 8.87. The van der Waals surface area contributed by atoms with Crippen molar-refractivity contribution < 1.29 is 9.59 Å². The van der Waals surface area contributed by atoms with Gasteiger partial charge in [-0.1, -0.05) is 83.5 Å². The molecule has 0 heterocycles. The molecule has 3 aliphatic carbocycles. The van der Waals surface area contributed by atoms with Crippen LogP contribution in [0.3, 0.4) is 0 Å². The third kappa shape index (κ3) is 2.22. The van der Waals surface area contributed by atoms with Gasteiger partial charge in [-0.05, 0) is 22.8 Å². The van der Waals surface area contributed by atoms with E-state index in [0.29, 0.717) is 0 Å². The first kappa shape index (κ1) is 17.1. The summed E-state index contributed by atoms with van der Waals surface area (Å²) in [4.78, 5) is 26.1. The van der Waals surface area contributed by atoms with E-state index in [1.165, 1.54) is 5.56 Å². The highest BCUT2D eigenvalue weighted by Gasteiger charge is 2.63. The number of ketones is 2. The monoisotopic (exact) mass is 324 g/mol. The molecule has 3 atom stereocenters. The molecule has 0 spiro atoms. The van der Waals surface area contributed by atoms with Gasteiger partial charge in [-0.25, -0.2) is 0 Å². The molecule has 4 rings (SSSR count). The fourth-order valence-electron chi connectivity index (χ4n) is 4.73. The van der Waals surface area contributed by atoms with Gasteiger partial charge < -0.3 is 0 Å². The minimum atomic E-state index is -0.747. The maximum atomic E-state index is 13.2. The minimum Gasteiger partial charge on any atom is -0.290 e. The SMILES string of the molecule is CC(C)(C)C1=C[C@@]2(C(C)(C)C)C(=O)C(=O)[C@@H]1C[C@@H]2c1ccccc1. The Kier molecular flexibility index (Phi) is 3.67. The molecule has 2 heteroatoms. The zero-order valence-corrected chi connectivity index (χ0v) is 15.6. The van der Waals surface area contributed by atoms with Gasteiger partial charge in [0.25, 0.3) is 0 Å². The fourth-order valence-corrected chi connectivity index (χ4v) is 4.73. The third-order valence-electron chi connectivity index (χ3n) is 6.00. The summed E-state index contributed by atoms with van der Waals surface area (Å²) in [5.41, 5.74) is 1.15. The lowest BCUT2D eigenvalue weighted by atomic mass is 9.44. The Morgan fingerprint density at radius 3 is 2.04 bits per heavy atom. The summed E-state index contributed by atoms with van der Waals surface area (Å²) in [5, 5.41) is 0. The second-order valence-electron chi connectivity index (χ2n) is 9.41. The van der Waals surface area contributed by atoms with E-state index in [-0.39, 0.29) is 34.2 Å². The van der Waals surface area contributed by atoms with Gasteiger partial charge in [-0.15, -0.1) is 0 Å². The highest BCUT2D eigenvalue weighted by molar-refractivity contribution is 6.43. The zero-order valence-electron chi connectivity index (χ0n) is 15.6. The van der Waals surface area contributed by atoms with Gasteiger partial charge in [-0.2, -0.15) is 0 Å². The van der Waals surface area contributed by atoms with Crippen molar-refractivity contribution in [2.45, 2.75) is 53.9 Å². The average molecular weight is 324 g/mol. The smallest absolute Gasteiger partial charge is 0.210 e. The number of fused-ring (bicyclic) bond motifs is 2. The van der Waals surface area contributed by atoms with E-state index in [0.717, 1.165) is 12.0 Å². The van der Waals surface area contributed by atoms with Crippen LogP contribution in [0.4, 0.5) is 0 Å². The number of allylic oxidation sites excluding steroid dienone is 2. The first-order chi connectivity index (χ1) is 11.0. The van der Waals surface area contributed by atoms with E-state index in [1.807, 2.05) is 18.2 Å². The van der Waals surface area contributed by atoms with Crippen molar-refractivity contribution in [3.05, 3.63) is 47.5 Å². The lowest BCUT2D eigenvalue weighted by Crippen LogP contribution is -2.59. The number of Topliss-reactive ketones (excluding diaryl/α,β-unsaturated/α-hetero) is 2. The van der Waals surface area contributed by atoms with Crippen molar-refractivity contribution in [1.29, 1.82) is 0 Å². The van der Waals surface area contributed by atoms with E-state index < -0.39 is 5.41 Å². The van der Waals surface area contributed by atoms with Crippen LogP contribution in [0.5, 0.6) is 0 Å². The summed E-state index contributed by atoms with van der Waals surface area (Å²) in [6.45, 7) is 12.7. The van der Waals surface area contributed by atoms with Crippen LogP contribution in [0.15, 0.2) is 42.0 Å². The van der Waals surface area contributed by atoms with Crippen LogP contribution in [-0.4, -0.2) is 11.6 Å². The predicted molar refractivity (Wildman–Crippen MR) is 96.7 cm³/mol. The predicted octanol–water partition coefficient (Wildman–Crippen LogP) is 4.95. The summed E-state index contributed by atoms with van der Waals surface area (Å²) in [6, 6.07) is 10.2. The van der Waals surface area contributed by atoms with Gasteiger partial charge >= 0.3 is 0 Å². The highest BCUT2D eigenvalue weighted by atomic mass is 16.2.